The lowest BCUT2D eigenvalue weighted by Gasteiger charge is -2.07. The molecule has 5 nitrogen and oxygen atoms in total. The first-order valence-electron chi connectivity index (χ1n) is 6.85. The molecule has 0 atom stereocenters. The average molecular weight is 399 g/mol. The Balaban J connectivity index is 1.64. The van der Waals surface area contributed by atoms with Gasteiger partial charge in [-0.1, -0.05) is 41.0 Å². The number of rotatable bonds is 5. The van der Waals surface area contributed by atoms with Crippen LogP contribution in [0.4, 0.5) is 5.69 Å². The summed E-state index contributed by atoms with van der Waals surface area (Å²) >= 11 is 14.8. The first kappa shape index (κ1) is 17.3. The van der Waals surface area contributed by atoms with E-state index in [2.05, 4.69) is 15.5 Å². The first-order chi connectivity index (χ1) is 11.5. The molecule has 1 N–H and O–H groups in total. The number of aromatic nitrogens is 3. The van der Waals surface area contributed by atoms with Crippen LogP contribution < -0.4 is 5.32 Å². The van der Waals surface area contributed by atoms with Crippen LogP contribution in [0.2, 0.25) is 10.0 Å². The fourth-order valence-electron chi connectivity index (χ4n) is 1.97. The van der Waals surface area contributed by atoms with Crippen molar-refractivity contribution in [2.24, 2.45) is 7.05 Å². The van der Waals surface area contributed by atoms with E-state index in [1.165, 1.54) is 11.8 Å². The zero-order valence-corrected chi connectivity index (χ0v) is 15.6. The lowest BCUT2D eigenvalue weighted by Crippen LogP contribution is -2.14. The Labute approximate surface area is 157 Å². The minimum absolute atomic E-state index is 0.190. The summed E-state index contributed by atoms with van der Waals surface area (Å²) in [5.41, 5.74) is 0.493. The number of thioether (sulfide) groups is 1. The van der Waals surface area contributed by atoms with Gasteiger partial charge in [0.1, 0.15) is 0 Å². The number of amides is 1. The van der Waals surface area contributed by atoms with E-state index in [-0.39, 0.29) is 11.7 Å². The Morgan fingerprint density at radius 3 is 2.92 bits per heavy atom. The number of halogens is 2. The molecule has 3 rings (SSSR count). The van der Waals surface area contributed by atoms with E-state index >= 15 is 0 Å². The highest BCUT2D eigenvalue weighted by molar-refractivity contribution is 7.99. The minimum atomic E-state index is -0.190. The van der Waals surface area contributed by atoms with Gasteiger partial charge in [0.2, 0.25) is 5.91 Å². The lowest BCUT2D eigenvalue weighted by molar-refractivity contribution is -0.113. The number of carbonyl (C=O) groups is 1. The molecule has 2 heterocycles. The summed E-state index contributed by atoms with van der Waals surface area (Å²) in [6, 6.07) is 8.87. The van der Waals surface area contributed by atoms with Crippen molar-refractivity contribution in [3.8, 4) is 10.7 Å². The molecule has 0 saturated heterocycles. The van der Waals surface area contributed by atoms with Crippen LogP contribution in [-0.2, 0) is 11.8 Å². The van der Waals surface area contributed by atoms with Gasteiger partial charge in [-0.3, -0.25) is 4.79 Å². The molecule has 0 aliphatic heterocycles. The summed E-state index contributed by atoms with van der Waals surface area (Å²) in [6.07, 6.45) is 0. The Bertz CT molecular complexity index is 864. The summed E-state index contributed by atoms with van der Waals surface area (Å²) in [5.74, 6) is 0.787. The molecule has 124 valence electrons. The fraction of sp³-hybridized carbons (Fsp3) is 0.133. The number of hydrogen-bond acceptors (Lipinski definition) is 5. The Morgan fingerprint density at radius 2 is 2.17 bits per heavy atom. The van der Waals surface area contributed by atoms with Crippen molar-refractivity contribution in [2.45, 2.75) is 5.16 Å². The van der Waals surface area contributed by atoms with Crippen LogP contribution in [0.15, 0.2) is 40.9 Å². The maximum atomic E-state index is 12.1. The van der Waals surface area contributed by atoms with Crippen LogP contribution >= 0.6 is 46.3 Å². The molecular weight excluding hydrogens is 387 g/mol. The van der Waals surface area contributed by atoms with Crippen LogP contribution in [0, 0.1) is 0 Å². The second-order valence-electron chi connectivity index (χ2n) is 4.80. The summed E-state index contributed by atoms with van der Waals surface area (Å²) in [7, 11) is 1.88. The largest absolute Gasteiger partial charge is 0.324 e. The molecular formula is C15H12Cl2N4OS2. The Morgan fingerprint density at radius 1 is 1.33 bits per heavy atom. The van der Waals surface area contributed by atoms with Gasteiger partial charge in [0.05, 0.1) is 21.3 Å². The van der Waals surface area contributed by atoms with E-state index in [9.17, 15) is 4.79 Å². The number of thiophene rings is 1. The SMILES string of the molecule is Cn1c(SCC(=O)Nc2cc(Cl)ccc2Cl)nnc1-c1cccs1. The second kappa shape index (κ2) is 7.57. The lowest BCUT2D eigenvalue weighted by atomic mass is 10.3. The van der Waals surface area contributed by atoms with Gasteiger partial charge in [-0.05, 0) is 29.6 Å². The molecule has 0 unspecified atom stereocenters. The van der Waals surface area contributed by atoms with E-state index in [0.29, 0.717) is 20.9 Å². The van der Waals surface area contributed by atoms with Crippen LogP contribution in [0.3, 0.4) is 0 Å². The normalized spacial score (nSPS) is 10.8. The van der Waals surface area contributed by atoms with Crippen molar-refractivity contribution in [2.75, 3.05) is 11.1 Å². The predicted molar refractivity (Wildman–Crippen MR) is 100 cm³/mol. The Kier molecular flexibility index (Phi) is 5.45. The zero-order chi connectivity index (χ0) is 17.1. The zero-order valence-electron chi connectivity index (χ0n) is 12.5. The molecule has 0 spiro atoms. The highest BCUT2D eigenvalue weighted by Gasteiger charge is 2.14. The molecule has 0 saturated carbocycles. The van der Waals surface area contributed by atoms with Gasteiger partial charge in [0.15, 0.2) is 11.0 Å². The van der Waals surface area contributed by atoms with Crippen LogP contribution in [0.5, 0.6) is 0 Å². The van der Waals surface area contributed by atoms with E-state index < -0.39 is 0 Å². The number of nitrogens with zero attached hydrogens (tertiary/aromatic N) is 3. The highest BCUT2D eigenvalue weighted by Crippen LogP contribution is 2.27. The molecule has 1 aromatic carbocycles. The van der Waals surface area contributed by atoms with Crippen molar-refractivity contribution in [1.29, 1.82) is 0 Å². The monoisotopic (exact) mass is 398 g/mol. The molecule has 3 aromatic rings. The molecule has 9 heteroatoms. The maximum Gasteiger partial charge on any atom is 0.234 e. The summed E-state index contributed by atoms with van der Waals surface area (Å²) in [6.45, 7) is 0. The average Bonchev–Trinajstić information content (AvgIpc) is 3.18. The fourth-order valence-corrected chi connectivity index (χ4v) is 3.76. The third-order valence-corrected chi connectivity index (χ3v) is 5.56. The van der Waals surface area contributed by atoms with E-state index in [0.717, 1.165) is 10.7 Å². The number of nitrogens with one attached hydrogen (secondary N) is 1. The third-order valence-electron chi connectivity index (χ3n) is 3.11. The van der Waals surface area contributed by atoms with Crippen molar-refractivity contribution in [3.05, 3.63) is 45.8 Å². The highest BCUT2D eigenvalue weighted by atomic mass is 35.5. The van der Waals surface area contributed by atoms with Crippen molar-refractivity contribution < 1.29 is 4.79 Å². The van der Waals surface area contributed by atoms with Crippen LogP contribution in [0.25, 0.3) is 10.7 Å². The van der Waals surface area contributed by atoms with Gasteiger partial charge in [-0.25, -0.2) is 0 Å². The van der Waals surface area contributed by atoms with E-state index in [4.69, 9.17) is 23.2 Å². The molecule has 2 aromatic heterocycles. The molecule has 0 fully saturated rings. The number of hydrogen-bond donors (Lipinski definition) is 1. The second-order valence-corrected chi connectivity index (χ2v) is 7.54. The molecule has 0 radical (unpaired) electrons. The summed E-state index contributed by atoms with van der Waals surface area (Å²) in [4.78, 5) is 13.1. The topological polar surface area (TPSA) is 59.8 Å². The van der Waals surface area contributed by atoms with Crippen molar-refractivity contribution in [1.82, 2.24) is 14.8 Å². The van der Waals surface area contributed by atoms with Crippen LogP contribution in [-0.4, -0.2) is 26.4 Å². The predicted octanol–water partition coefficient (Wildman–Crippen LogP) is 4.58. The van der Waals surface area contributed by atoms with Gasteiger partial charge < -0.3 is 9.88 Å². The number of carbonyl (C=O) groups excluding carboxylic acids is 1. The van der Waals surface area contributed by atoms with Crippen molar-refractivity contribution >= 4 is 57.9 Å². The van der Waals surface area contributed by atoms with E-state index in [1.807, 2.05) is 29.1 Å². The standard InChI is InChI=1S/C15H12Cl2N4OS2/c1-21-14(12-3-2-6-23-12)19-20-15(21)24-8-13(22)18-11-7-9(16)4-5-10(11)17/h2-7H,8H2,1H3,(H,18,22). The van der Waals surface area contributed by atoms with E-state index in [1.54, 1.807) is 29.5 Å². The maximum absolute atomic E-state index is 12.1. The van der Waals surface area contributed by atoms with Gasteiger partial charge in [-0.15, -0.1) is 21.5 Å². The minimum Gasteiger partial charge on any atom is -0.324 e. The quantitative estimate of drug-likeness (QED) is 0.638. The summed E-state index contributed by atoms with van der Waals surface area (Å²) < 4.78 is 1.87. The van der Waals surface area contributed by atoms with Gasteiger partial charge >= 0.3 is 0 Å². The third kappa shape index (κ3) is 3.92. The number of anilines is 1. The Hall–Kier alpha value is -1.54. The van der Waals surface area contributed by atoms with Gasteiger partial charge in [0.25, 0.3) is 0 Å². The molecule has 1 amide bonds. The molecule has 24 heavy (non-hydrogen) atoms. The van der Waals surface area contributed by atoms with Gasteiger partial charge in [-0.2, -0.15) is 0 Å². The first-order valence-corrected chi connectivity index (χ1v) is 9.47. The molecule has 0 bridgehead atoms. The van der Waals surface area contributed by atoms with Crippen LogP contribution in [0.1, 0.15) is 0 Å². The summed E-state index contributed by atoms with van der Waals surface area (Å²) in [5, 5.41) is 14.7. The molecule has 0 aliphatic rings. The molecule has 0 aliphatic carbocycles. The number of benzene rings is 1. The van der Waals surface area contributed by atoms with Crippen molar-refractivity contribution in [3.63, 3.8) is 0 Å². The smallest absolute Gasteiger partial charge is 0.234 e. The van der Waals surface area contributed by atoms with Gasteiger partial charge in [0, 0.05) is 12.1 Å².